The fraction of sp³-hybridized carbons (Fsp3) is 0.429. The molecule has 1 heterocycles. The lowest BCUT2D eigenvalue weighted by Gasteiger charge is -2.08. The van der Waals surface area contributed by atoms with Gasteiger partial charge in [-0.1, -0.05) is 0 Å². The molecule has 0 bridgehead atoms. The first-order valence-corrected chi connectivity index (χ1v) is 4.41. The summed E-state index contributed by atoms with van der Waals surface area (Å²) in [5, 5.41) is 11.2. The number of aromatic nitrogens is 1. The van der Waals surface area contributed by atoms with Crippen LogP contribution in [0.2, 0.25) is 0 Å². The van der Waals surface area contributed by atoms with Gasteiger partial charge in [0.25, 0.3) is 0 Å². The Balaban J connectivity index is 2.39. The first-order valence-electron chi connectivity index (χ1n) is 3.53. The van der Waals surface area contributed by atoms with Crippen LogP contribution >= 0.6 is 11.3 Å². The van der Waals surface area contributed by atoms with E-state index >= 15 is 0 Å². The molecule has 0 fully saturated rings. The highest BCUT2D eigenvalue weighted by Gasteiger charge is 2.07. The third-order valence-electron chi connectivity index (χ3n) is 1.44. The maximum absolute atomic E-state index is 10.2. The molecule has 1 unspecified atom stereocenters. The highest BCUT2D eigenvalue weighted by Crippen LogP contribution is 2.15. The first kappa shape index (κ1) is 9.15. The third-order valence-corrected chi connectivity index (χ3v) is 2.40. The average Bonchev–Trinajstić information content (AvgIpc) is 2.51. The van der Waals surface area contributed by atoms with Crippen molar-refractivity contribution in [3.63, 3.8) is 0 Å². The monoisotopic (exact) mass is 186 g/mol. The molecule has 1 aromatic rings. The van der Waals surface area contributed by atoms with Crippen LogP contribution in [0.1, 0.15) is 17.8 Å². The normalized spacial score (nSPS) is 12.8. The van der Waals surface area contributed by atoms with Gasteiger partial charge >= 0.3 is 5.97 Å². The number of carboxylic acid groups (broad SMARTS) is 1. The Hall–Kier alpha value is -0.940. The Morgan fingerprint density at radius 3 is 3.17 bits per heavy atom. The molecule has 66 valence electrons. The highest BCUT2D eigenvalue weighted by molar-refractivity contribution is 7.09. The summed E-state index contributed by atoms with van der Waals surface area (Å²) in [5.74, 6) is -0.841. The van der Waals surface area contributed by atoms with Gasteiger partial charge in [-0.3, -0.25) is 15.1 Å². The zero-order valence-electron chi connectivity index (χ0n) is 6.65. The van der Waals surface area contributed by atoms with E-state index in [1.165, 1.54) is 11.3 Å². The van der Waals surface area contributed by atoms with Crippen LogP contribution in [0.25, 0.3) is 0 Å². The van der Waals surface area contributed by atoms with Crippen LogP contribution in [0.3, 0.4) is 0 Å². The van der Waals surface area contributed by atoms with Gasteiger partial charge in [0.05, 0.1) is 12.1 Å². The predicted molar refractivity (Wildman–Crippen MR) is 46.2 cm³/mol. The second kappa shape index (κ2) is 4.18. The summed E-state index contributed by atoms with van der Waals surface area (Å²) < 4.78 is 0. The van der Waals surface area contributed by atoms with Crippen molar-refractivity contribution in [3.05, 3.63) is 16.6 Å². The molecule has 0 spiro atoms. The summed E-state index contributed by atoms with van der Waals surface area (Å²) >= 11 is 1.52. The number of nitrogens with one attached hydrogen (secondary N) is 1. The smallest absolute Gasteiger partial charge is 0.317 e. The summed E-state index contributed by atoms with van der Waals surface area (Å²) in [7, 11) is 0. The molecule has 0 aliphatic carbocycles. The number of carbonyl (C=O) groups is 1. The zero-order valence-corrected chi connectivity index (χ0v) is 7.47. The lowest BCUT2D eigenvalue weighted by molar-refractivity contribution is -0.136. The van der Waals surface area contributed by atoms with E-state index in [4.69, 9.17) is 5.11 Å². The van der Waals surface area contributed by atoms with Gasteiger partial charge < -0.3 is 5.11 Å². The molecule has 4 nitrogen and oxygen atoms in total. The number of aliphatic carboxylic acids is 1. The first-order chi connectivity index (χ1) is 5.70. The van der Waals surface area contributed by atoms with E-state index < -0.39 is 5.97 Å². The van der Waals surface area contributed by atoms with Gasteiger partial charge in [0.1, 0.15) is 0 Å². The summed E-state index contributed by atoms with van der Waals surface area (Å²) in [5.41, 5.74) is 1.73. The minimum absolute atomic E-state index is 0.0148. The van der Waals surface area contributed by atoms with Gasteiger partial charge in [-0.25, -0.2) is 0 Å². The van der Waals surface area contributed by atoms with Gasteiger partial charge in [-0.05, 0) is 6.92 Å². The molecule has 0 amide bonds. The average molecular weight is 186 g/mol. The minimum Gasteiger partial charge on any atom is -0.480 e. The van der Waals surface area contributed by atoms with Crippen LogP contribution in [0, 0.1) is 0 Å². The summed E-state index contributed by atoms with van der Waals surface area (Å²) in [6.45, 7) is 1.90. The van der Waals surface area contributed by atoms with Gasteiger partial charge in [0.2, 0.25) is 0 Å². The number of rotatable bonds is 4. The Bertz CT molecular complexity index is 248. The summed E-state index contributed by atoms with van der Waals surface area (Å²) in [4.78, 5) is 15.2. The Kier molecular flexibility index (Phi) is 3.19. The van der Waals surface area contributed by atoms with Crippen molar-refractivity contribution in [1.82, 2.24) is 10.3 Å². The third kappa shape index (κ3) is 2.60. The van der Waals surface area contributed by atoms with E-state index in [0.717, 1.165) is 4.88 Å². The topological polar surface area (TPSA) is 62.2 Å². The second-order valence-electron chi connectivity index (χ2n) is 2.40. The van der Waals surface area contributed by atoms with Crippen molar-refractivity contribution in [3.8, 4) is 0 Å². The molecule has 0 aliphatic heterocycles. The van der Waals surface area contributed by atoms with Crippen molar-refractivity contribution >= 4 is 17.3 Å². The standard InChI is InChI=1S/C7H10N2O2S/c1-5(9-3-7(10)11)6-2-8-4-12-6/h2,4-5,9H,3H2,1H3,(H,10,11). The van der Waals surface area contributed by atoms with Crippen molar-refractivity contribution in [2.24, 2.45) is 0 Å². The molecule has 0 radical (unpaired) electrons. The zero-order chi connectivity index (χ0) is 8.97. The number of hydrogen-bond acceptors (Lipinski definition) is 4. The molecule has 0 saturated carbocycles. The van der Waals surface area contributed by atoms with E-state index in [0.29, 0.717) is 0 Å². The lowest BCUT2D eigenvalue weighted by Crippen LogP contribution is -2.24. The fourth-order valence-electron chi connectivity index (χ4n) is 0.780. The Labute approximate surface area is 74.3 Å². The molecule has 2 N–H and O–H groups in total. The molecule has 1 rings (SSSR count). The summed E-state index contributed by atoms with van der Waals surface area (Å²) in [6.07, 6.45) is 1.74. The molecule has 1 aromatic heterocycles. The fourth-order valence-corrected chi connectivity index (χ4v) is 1.43. The SMILES string of the molecule is CC(NCC(=O)O)c1cncs1. The van der Waals surface area contributed by atoms with Crippen LogP contribution in [0.4, 0.5) is 0 Å². The van der Waals surface area contributed by atoms with Gasteiger partial charge in [0.15, 0.2) is 0 Å². The highest BCUT2D eigenvalue weighted by atomic mass is 32.1. The van der Waals surface area contributed by atoms with Crippen LogP contribution < -0.4 is 5.32 Å². The molecule has 0 aromatic carbocycles. The van der Waals surface area contributed by atoms with Crippen LogP contribution in [-0.2, 0) is 4.79 Å². The molecule has 1 atom stereocenters. The van der Waals surface area contributed by atoms with Gasteiger partial charge in [-0.15, -0.1) is 11.3 Å². The molecular weight excluding hydrogens is 176 g/mol. The van der Waals surface area contributed by atoms with Crippen molar-refractivity contribution in [1.29, 1.82) is 0 Å². The molecule has 0 saturated heterocycles. The number of thiazole rings is 1. The maximum Gasteiger partial charge on any atom is 0.317 e. The maximum atomic E-state index is 10.2. The van der Waals surface area contributed by atoms with Crippen molar-refractivity contribution in [2.75, 3.05) is 6.54 Å². The number of carboxylic acids is 1. The van der Waals surface area contributed by atoms with Crippen LogP contribution in [0.5, 0.6) is 0 Å². The Morgan fingerprint density at radius 2 is 2.67 bits per heavy atom. The van der Waals surface area contributed by atoms with Crippen molar-refractivity contribution < 1.29 is 9.90 Å². The van der Waals surface area contributed by atoms with Crippen LogP contribution in [0.15, 0.2) is 11.7 Å². The van der Waals surface area contributed by atoms with E-state index in [9.17, 15) is 4.79 Å². The van der Waals surface area contributed by atoms with E-state index in [1.54, 1.807) is 11.7 Å². The molecular formula is C7H10N2O2S. The minimum atomic E-state index is -0.841. The van der Waals surface area contributed by atoms with Gasteiger partial charge in [0, 0.05) is 17.1 Å². The van der Waals surface area contributed by atoms with Crippen LogP contribution in [-0.4, -0.2) is 22.6 Å². The lowest BCUT2D eigenvalue weighted by atomic mass is 10.3. The van der Waals surface area contributed by atoms with E-state index in [1.807, 2.05) is 6.92 Å². The number of hydrogen-bond donors (Lipinski definition) is 2. The van der Waals surface area contributed by atoms with Crippen molar-refractivity contribution in [2.45, 2.75) is 13.0 Å². The largest absolute Gasteiger partial charge is 0.480 e. The van der Waals surface area contributed by atoms with E-state index in [2.05, 4.69) is 10.3 Å². The quantitative estimate of drug-likeness (QED) is 0.732. The number of nitrogens with zero attached hydrogens (tertiary/aromatic N) is 1. The van der Waals surface area contributed by atoms with Gasteiger partial charge in [-0.2, -0.15) is 0 Å². The summed E-state index contributed by atoms with van der Waals surface area (Å²) in [6, 6.07) is 0.0635. The molecule has 12 heavy (non-hydrogen) atoms. The molecule has 5 heteroatoms. The Morgan fingerprint density at radius 1 is 1.92 bits per heavy atom. The molecule has 0 aliphatic rings. The predicted octanol–water partition coefficient (Wildman–Crippen LogP) is 0.878. The van der Waals surface area contributed by atoms with E-state index in [-0.39, 0.29) is 12.6 Å². The second-order valence-corrected chi connectivity index (χ2v) is 3.32.